The Morgan fingerprint density at radius 1 is 1.33 bits per heavy atom. The predicted octanol–water partition coefficient (Wildman–Crippen LogP) is 4.57. The first kappa shape index (κ1) is 16.8. The minimum atomic E-state index is -0.486. The van der Waals surface area contributed by atoms with Gasteiger partial charge in [-0.25, -0.2) is 9.78 Å². The molecule has 1 aromatic carbocycles. The lowest BCUT2D eigenvalue weighted by Gasteiger charge is -2.08. The van der Waals surface area contributed by atoms with Gasteiger partial charge in [-0.1, -0.05) is 22.8 Å². The number of fused-ring (bicyclic) bond motifs is 1. The number of benzene rings is 1. The molecule has 0 atom stereocenters. The van der Waals surface area contributed by atoms with Crippen molar-refractivity contribution in [1.82, 2.24) is 10.1 Å². The number of aryl methyl sites for hydroxylation is 2. The number of carbonyl (C=O) groups excluding carboxylic acids is 1. The summed E-state index contributed by atoms with van der Waals surface area (Å²) < 4.78 is 10.3. The first-order valence-electron chi connectivity index (χ1n) is 7.22. The molecule has 2 heterocycles. The summed E-state index contributed by atoms with van der Waals surface area (Å²) in [6.07, 6.45) is 2.01. The third-order valence-corrected chi connectivity index (χ3v) is 4.70. The minimum absolute atomic E-state index is 0.0367. The van der Waals surface area contributed by atoms with E-state index in [0.29, 0.717) is 27.7 Å². The number of hydrogen-bond acceptors (Lipinski definition) is 6. The average molecular weight is 363 g/mol. The van der Waals surface area contributed by atoms with E-state index in [1.54, 1.807) is 25.6 Å². The van der Waals surface area contributed by atoms with Crippen LogP contribution < -0.4 is 0 Å². The fourth-order valence-corrected chi connectivity index (χ4v) is 3.02. The molecular formula is C17H15ClN2O3S. The van der Waals surface area contributed by atoms with Gasteiger partial charge in [-0.15, -0.1) is 11.8 Å². The summed E-state index contributed by atoms with van der Waals surface area (Å²) in [6, 6.07) is 7.85. The molecule has 124 valence electrons. The Hall–Kier alpha value is -2.05. The SMILES string of the molecule is CSc1ccc2cc(COC(=O)c3c(C)noc3C)c(Cl)nc2c1. The standard InChI is InChI=1S/C17H15ClN2O3S/c1-9-15(10(2)23-20-9)17(21)22-8-12-6-11-4-5-13(24-3)7-14(11)19-16(12)18/h4-7H,8H2,1-3H3. The lowest BCUT2D eigenvalue weighted by atomic mass is 10.1. The molecule has 0 fully saturated rings. The van der Waals surface area contributed by atoms with Gasteiger partial charge in [0.15, 0.2) is 0 Å². The Morgan fingerprint density at radius 2 is 2.12 bits per heavy atom. The maximum atomic E-state index is 12.2. The highest BCUT2D eigenvalue weighted by molar-refractivity contribution is 7.98. The second kappa shape index (κ2) is 6.83. The molecule has 0 saturated carbocycles. The third-order valence-electron chi connectivity index (χ3n) is 3.65. The number of carbonyl (C=O) groups is 1. The van der Waals surface area contributed by atoms with Crippen LogP contribution in [-0.2, 0) is 11.3 Å². The molecule has 0 aliphatic heterocycles. The molecule has 0 N–H and O–H groups in total. The summed E-state index contributed by atoms with van der Waals surface area (Å²) in [5.41, 5.74) is 2.32. The maximum Gasteiger partial charge on any atom is 0.344 e. The third kappa shape index (κ3) is 3.25. The smallest absolute Gasteiger partial charge is 0.344 e. The minimum Gasteiger partial charge on any atom is -0.457 e. The number of thioether (sulfide) groups is 1. The van der Waals surface area contributed by atoms with Crippen LogP contribution in [0.2, 0.25) is 5.15 Å². The molecule has 0 amide bonds. The summed E-state index contributed by atoms with van der Waals surface area (Å²) in [6.45, 7) is 3.40. The van der Waals surface area contributed by atoms with Crippen molar-refractivity contribution in [2.75, 3.05) is 6.26 Å². The van der Waals surface area contributed by atoms with Crippen molar-refractivity contribution < 1.29 is 14.1 Å². The van der Waals surface area contributed by atoms with Crippen molar-refractivity contribution in [3.05, 3.63) is 52.0 Å². The summed E-state index contributed by atoms with van der Waals surface area (Å²) in [5.74, 6) is -0.0510. The van der Waals surface area contributed by atoms with Crippen LogP contribution in [0.1, 0.15) is 27.4 Å². The van der Waals surface area contributed by atoms with Crippen molar-refractivity contribution in [2.45, 2.75) is 25.3 Å². The molecule has 0 saturated heterocycles. The fourth-order valence-electron chi connectivity index (χ4n) is 2.39. The normalized spacial score (nSPS) is 11.0. The van der Waals surface area contributed by atoms with Crippen molar-refractivity contribution in [1.29, 1.82) is 0 Å². The van der Waals surface area contributed by atoms with Gasteiger partial charge in [0.25, 0.3) is 0 Å². The number of pyridine rings is 1. The van der Waals surface area contributed by atoms with E-state index >= 15 is 0 Å². The van der Waals surface area contributed by atoms with Crippen LogP contribution in [0.25, 0.3) is 10.9 Å². The van der Waals surface area contributed by atoms with Gasteiger partial charge in [0.2, 0.25) is 0 Å². The summed E-state index contributed by atoms with van der Waals surface area (Å²) in [7, 11) is 0. The molecule has 0 bridgehead atoms. The number of halogens is 1. The zero-order valence-electron chi connectivity index (χ0n) is 13.4. The first-order chi connectivity index (χ1) is 11.5. The van der Waals surface area contributed by atoms with Crippen molar-refractivity contribution in [3.63, 3.8) is 0 Å². The number of rotatable bonds is 4. The van der Waals surface area contributed by atoms with Crippen molar-refractivity contribution in [3.8, 4) is 0 Å². The lowest BCUT2D eigenvalue weighted by Crippen LogP contribution is -2.08. The van der Waals surface area contributed by atoms with Gasteiger partial charge in [-0.2, -0.15) is 0 Å². The van der Waals surface area contributed by atoms with Crippen molar-refractivity contribution >= 4 is 40.2 Å². The van der Waals surface area contributed by atoms with E-state index in [0.717, 1.165) is 15.8 Å². The molecule has 0 unspecified atom stereocenters. The largest absolute Gasteiger partial charge is 0.457 e. The highest BCUT2D eigenvalue weighted by Gasteiger charge is 2.19. The predicted molar refractivity (Wildman–Crippen MR) is 93.6 cm³/mol. The van der Waals surface area contributed by atoms with Gasteiger partial charge in [0, 0.05) is 15.8 Å². The molecule has 0 aliphatic rings. The quantitative estimate of drug-likeness (QED) is 0.384. The zero-order chi connectivity index (χ0) is 17.3. The van der Waals surface area contributed by atoms with E-state index < -0.39 is 5.97 Å². The van der Waals surface area contributed by atoms with Crippen LogP contribution in [0.4, 0.5) is 0 Å². The number of nitrogens with zero attached hydrogens (tertiary/aromatic N) is 2. The molecular weight excluding hydrogens is 348 g/mol. The number of ether oxygens (including phenoxy) is 1. The zero-order valence-corrected chi connectivity index (χ0v) is 15.0. The van der Waals surface area contributed by atoms with E-state index in [1.807, 2.05) is 30.5 Å². The lowest BCUT2D eigenvalue weighted by molar-refractivity contribution is 0.0470. The molecule has 5 nitrogen and oxygen atoms in total. The van der Waals surface area contributed by atoms with Crippen LogP contribution >= 0.6 is 23.4 Å². The molecule has 7 heteroatoms. The maximum absolute atomic E-state index is 12.2. The highest BCUT2D eigenvalue weighted by Crippen LogP contribution is 2.25. The summed E-state index contributed by atoms with van der Waals surface area (Å²) >= 11 is 7.87. The second-order valence-corrected chi connectivity index (χ2v) is 6.51. The van der Waals surface area contributed by atoms with Crippen LogP contribution in [-0.4, -0.2) is 22.4 Å². The van der Waals surface area contributed by atoms with Crippen molar-refractivity contribution in [2.24, 2.45) is 0 Å². The van der Waals surface area contributed by atoms with Crippen LogP contribution in [0.5, 0.6) is 0 Å². The molecule has 0 aliphatic carbocycles. The Kier molecular flexibility index (Phi) is 4.78. The van der Waals surface area contributed by atoms with Gasteiger partial charge in [-0.05, 0) is 38.3 Å². The molecule has 3 rings (SSSR count). The Balaban J connectivity index is 1.82. The highest BCUT2D eigenvalue weighted by atomic mass is 35.5. The first-order valence-corrected chi connectivity index (χ1v) is 8.83. The van der Waals surface area contributed by atoms with Gasteiger partial charge in [0.1, 0.15) is 23.1 Å². The van der Waals surface area contributed by atoms with Gasteiger partial charge in [-0.3, -0.25) is 0 Å². The summed E-state index contributed by atoms with van der Waals surface area (Å²) in [5, 5.41) is 5.02. The fraction of sp³-hybridized carbons (Fsp3) is 0.235. The van der Waals surface area contributed by atoms with Gasteiger partial charge >= 0.3 is 5.97 Å². The number of hydrogen-bond donors (Lipinski definition) is 0. The van der Waals surface area contributed by atoms with Gasteiger partial charge < -0.3 is 9.26 Å². The molecule has 2 aromatic heterocycles. The van der Waals surface area contributed by atoms with Crippen LogP contribution in [0.15, 0.2) is 33.7 Å². The monoisotopic (exact) mass is 362 g/mol. The molecule has 24 heavy (non-hydrogen) atoms. The Labute approximate surface area is 148 Å². The van der Waals surface area contributed by atoms with Crippen LogP contribution in [0.3, 0.4) is 0 Å². The van der Waals surface area contributed by atoms with E-state index in [-0.39, 0.29) is 6.61 Å². The second-order valence-electron chi connectivity index (χ2n) is 5.27. The van der Waals surface area contributed by atoms with E-state index in [1.165, 1.54) is 0 Å². The van der Waals surface area contributed by atoms with E-state index in [9.17, 15) is 4.79 Å². The Bertz CT molecular complexity index is 904. The number of aromatic nitrogens is 2. The molecule has 0 radical (unpaired) electrons. The van der Waals surface area contributed by atoms with E-state index in [4.69, 9.17) is 20.9 Å². The molecule has 3 aromatic rings. The van der Waals surface area contributed by atoms with Gasteiger partial charge in [0.05, 0.1) is 11.2 Å². The summed E-state index contributed by atoms with van der Waals surface area (Å²) in [4.78, 5) is 17.7. The number of esters is 1. The Morgan fingerprint density at radius 3 is 2.79 bits per heavy atom. The average Bonchev–Trinajstić information content (AvgIpc) is 2.90. The van der Waals surface area contributed by atoms with E-state index in [2.05, 4.69) is 10.1 Å². The molecule has 0 spiro atoms. The topological polar surface area (TPSA) is 65.2 Å². The van der Waals surface area contributed by atoms with Crippen LogP contribution in [0, 0.1) is 13.8 Å².